The Morgan fingerprint density at radius 2 is 2.03 bits per heavy atom. The van der Waals surface area contributed by atoms with Crippen LogP contribution >= 0.6 is 0 Å². The first kappa shape index (κ1) is 25.7. The zero-order chi connectivity index (χ0) is 26.0. The Bertz CT molecular complexity index is 1200. The van der Waals surface area contributed by atoms with E-state index >= 15 is 0 Å². The van der Waals surface area contributed by atoms with Gasteiger partial charge in [0.1, 0.15) is 11.4 Å². The standard InChI is InChI=1S/C28H37N5O3/c1-7-25(34)32(6)22-8-9-23-20(16-22)17-24(19-10-13-31(5)14-11-19)30-26(23)33-15-12-21(18-33)29-27(35)36-28(2,3)4/h7-10,16-17,21H,1,11-15,18H2,2-6H3,(H,29,35)/t21-/m1/s1. The largest absolute Gasteiger partial charge is 0.444 e. The first-order chi connectivity index (χ1) is 17.0. The van der Waals surface area contributed by atoms with Crippen molar-refractivity contribution in [2.24, 2.45) is 0 Å². The number of carbonyl (C=O) groups is 2. The average molecular weight is 492 g/mol. The molecule has 3 heterocycles. The summed E-state index contributed by atoms with van der Waals surface area (Å²) >= 11 is 0. The minimum absolute atomic E-state index is 0.0153. The molecule has 0 aliphatic carbocycles. The van der Waals surface area contributed by atoms with Gasteiger partial charge in [-0.15, -0.1) is 0 Å². The lowest BCUT2D eigenvalue weighted by molar-refractivity contribution is -0.113. The third kappa shape index (κ3) is 5.87. The first-order valence-electron chi connectivity index (χ1n) is 12.5. The second kappa shape index (κ2) is 10.3. The van der Waals surface area contributed by atoms with E-state index in [1.54, 1.807) is 11.9 Å². The monoisotopic (exact) mass is 491 g/mol. The third-order valence-corrected chi connectivity index (χ3v) is 6.64. The van der Waals surface area contributed by atoms with Gasteiger partial charge >= 0.3 is 6.09 Å². The van der Waals surface area contributed by atoms with Crippen LogP contribution in [0.4, 0.5) is 16.3 Å². The van der Waals surface area contributed by atoms with Gasteiger partial charge in [-0.3, -0.25) is 4.79 Å². The summed E-state index contributed by atoms with van der Waals surface area (Å²) in [6.45, 7) is 12.5. The molecule has 0 radical (unpaired) electrons. The van der Waals surface area contributed by atoms with Gasteiger partial charge in [0, 0.05) is 44.3 Å². The van der Waals surface area contributed by atoms with E-state index in [4.69, 9.17) is 9.72 Å². The van der Waals surface area contributed by atoms with Gasteiger partial charge < -0.3 is 24.8 Å². The lowest BCUT2D eigenvalue weighted by Gasteiger charge is -2.25. The van der Waals surface area contributed by atoms with Crippen LogP contribution < -0.4 is 15.1 Å². The van der Waals surface area contributed by atoms with Crippen molar-refractivity contribution in [1.82, 2.24) is 15.2 Å². The molecule has 0 unspecified atom stereocenters. The Labute approximate surface area is 213 Å². The van der Waals surface area contributed by atoms with Crippen LogP contribution in [0.1, 0.15) is 39.3 Å². The third-order valence-electron chi connectivity index (χ3n) is 6.64. The molecule has 36 heavy (non-hydrogen) atoms. The van der Waals surface area contributed by atoms with E-state index in [0.29, 0.717) is 6.54 Å². The summed E-state index contributed by atoms with van der Waals surface area (Å²) in [7, 11) is 3.87. The molecule has 2 aromatic rings. The summed E-state index contributed by atoms with van der Waals surface area (Å²) in [6, 6.07) is 8.11. The van der Waals surface area contributed by atoms with Gasteiger partial charge in [0.05, 0.1) is 11.7 Å². The number of nitrogens with one attached hydrogen (secondary N) is 1. The van der Waals surface area contributed by atoms with E-state index in [9.17, 15) is 9.59 Å². The number of carbonyl (C=O) groups excluding carboxylic acids is 2. The second-order valence-corrected chi connectivity index (χ2v) is 10.7. The van der Waals surface area contributed by atoms with Crippen molar-refractivity contribution in [2.45, 2.75) is 45.3 Å². The van der Waals surface area contributed by atoms with E-state index in [1.165, 1.54) is 11.6 Å². The van der Waals surface area contributed by atoms with E-state index in [0.717, 1.165) is 60.4 Å². The highest BCUT2D eigenvalue weighted by Gasteiger charge is 2.28. The van der Waals surface area contributed by atoms with Gasteiger partial charge in [-0.2, -0.15) is 0 Å². The molecular formula is C28H37N5O3. The molecule has 1 saturated heterocycles. The first-order valence-corrected chi connectivity index (χ1v) is 12.5. The Morgan fingerprint density at radius 3 is 2.69 bits per heavy atom. The summed E-state index contributed by atoms with van der Waals surface area (Å²) in [5.74, 6) is 0.748. The number of nitrogens with zero attached hydrogens (tertiary/aromatic N) is 4. The maximum Gasteiger partial charge on any atom is 0.407 e. The number of aromatic nitrogens is 1. The molecule has 1 N–H and O–H groups in total. The Balaban J connectivity index is 1.67. The molecule has 2 amide bonds. The van der Waals surface area contributed by atoms with Crippen molar-refractivity contribution in [2.75, 3.05) is 50.1 Å². The number of rotatable bonds is 5. The Morgan fingerprint density at radius 1 is 1.25 bits per heavy atom. The summed E-state index contributed by atoms with van der Waals surface area (Å²) < 4.78 is 5.45. The molecular weight excluding hydrogens is 454 g/mol. The van der Waals surface area contributed by atoms with Crippen molar-refractivity contribution in [1.29, 1.82) is 0 Å². The SMILES string of the molecule is C=CC(=O)N(C)c1ccc2c(N3CC[C@@H](NC(=O)OC(C)(C)C)C3)nc(C3=CCN(C)CC3)cc2c1. The number of alkyl carbamates (subject to hydrolysis) is 1. The minimum atomic E-state index is -0.534. The van der Waals surface area contributed by atoms with Crippen molar-refractivity contribution >= 4 is 39.9 Å². The molecule has 0 bridgehead atoms. The molecule has 1 aromatic heterocycles. The summed E-state index contributed by atoms with van der Waals surface area (Å²) in [5, 5.41) is 5.06. The normalized spacial score (nSPS) is 18.6. The molecule has 0 saturated carbocycles. The highest BCUT2D eigenvalue weighted by molar-refractivity contribution is 6.03. The number of pyridine rings is 1. The van der Waals surface area contributed by atoms with Crippen LogP contribution in [0.15, 0.2) is 43.0 Å². The van der Waals surface area contributed by atoms with Crippen molar-refractivity contribution < 1.29 is 14.3 Å². The summed E-state index contributed by atoms with van der Waals surface area (Å²) in [5.41, 5.74) is 2.47. The molecule has 8 nitrogen and oxygen atoms in total. The molecule has 2 aliphatic rings. The van der Waals surface area contributed by atoms with Crippen LogP contribution in [0.3, 0.4) is 0 Å². The molecule has 1 fully saturated rings. The summed E-state index contributed by atoms with van der Waals surface area (Å²) in [6.07, 6.45) is 4.92. The molecule has 1 atom stereocenters. The van der Waals surface area contributed by atoms with Crippen molar-refractivity contribution in [3.05, 3.63) is 48.7 Å². The van der Waals surface area contributed by atoms with Gasteiger partial charge in [-0.05, 0) is 82.0 Å². The smallest absolute Gasteiger partial charge is 0.407 e. The predicted octanol–water partition coefficient (Wildman–Crippen LogP) is 4.21. The fourth-order valence-electron chi connectivity index (χ4n) is 4.65. The topological polar surface area (TPSA) is 78.0 Å². The summed E-state index contributed by atoms with van der Waals surface area (Å²) in [4.78, 5) is 35.8. The maximum atomic E-state index is 12.3. The van der Waals surface area contributed by atoms with Crippen LogP contribution in [0.5, 0.6) is 0 Å². The van der Waals surface area contributed by atoms with E-state index in [-0.39, 0.29) is 11.9 Å². The van der Waals surface area contributed by atoms with Gasteiger partial charge in [0.25, 0.3) is 0 Å². The minimum Gasteiger partial charge on any atom is -0.444 e. The van der Waals surface area contributed by atoms with Gasteiger partial charge in [0.2, 0.25) is 5.91 Å². The average Bonchev–Trinajstić information content (AvgIpc) is 3.29. The lowest BCUT2D eigenvalue weighted by Crippen LogP contribution is -2.40. The van der Waals surface area contributed by atoms with Gasteiger partial charge in [0.15, 0.2) is 0 Å². The molecule has 4 rings (SSSR count). The maximum absolute atomic E-state index is 12.3. The number of amides is 2. The van der Waals surface area contributed by atoms with Crippen LogP contribution in [0.25, 0.3) is 16.3 Å². The number of ether oxygens (including phenoxy) is 1. The van der Waals surface area contributed by atoms with Crippen LogP contribution in [-0.4, -0.2) is 73.8 Å². The Kier molecular flexibility index (Phi) is 7.36. The zero-order valence-electron chi connectivity index (χ0n) is 22.0. The van der Waals surface area contributed by atoms with Crippen molar-refractivity contribution in [3.8, 4) is 0 Å². The number of fused-ring (bicyclic) bond motifs is 1. The number of hydrogen-bond acceptors (Lipinski definition) is 6. The molecule has 1 aromatic carbocycles. The number of hydrogen-bond donors (Lipinski definition) is 1. The fraction of sp³-hybridized carbons (Fsp3) is 0.464. The Hall–Kier alpha value is -3.39. The quantitative estimate of drug-likeness (QED) is 0.632. The predicted molar refractivity (Wildman–Crippen MR) is 145 cm³/mol. The number of likely N-dealkylation sites (N-methyl/N-ethyl adjacent to an activating group) is 2. The fourth-order valence-corrected chi connectivity index (χ4v) is 4.65. The van der Waals surface area contributed by atoms with Crippen LogP contribution in [-0.2, 0) is 9.53 Å². The highest BCUT2D eigenvalue weighted by Crippen LogP contribution is 2.34. The van der Waals surface area contributed by atoms with Crippen molar-refractivity contribution in [3.63, 3.8) is 0 Å². The van der Waals surface area contributed by atoms with E-state index < -0.39 is 11.7 Å². The molecule has 192 valence electrons. The van der Waals surface area contributed by atoms with Gasteiger partial charge in [-0.1, -0.05) is 12.7 Å². The highest BCUT2D eigenvalue weighted by atomic mass is 16.6. The van der Waals surface area contributed by atoms with Crippen LogP contribution in [0.2, 0.25) is 0 Å². The van der Waals surface area contributed by atoms with E-state index in [1.807, 2.05) is 39.0 Å². The lowest BCUT2D eigenvalue weighted by atomic mass is 10.0. The second-order valence-electron chi connectivity index (χ2n) is 10.7. The number of benzene rings is 1. The van der Waals surface area contributed by atoms with Gasteiger partial charge in [-0.25, -0.2) is 9.78 Å². The van der Waals surface area contributed by atoms with E-state index in [2.05, 4.69) is 40.9 Å². The molecule has 0 spiro atoms. The van der Waals surface area contributed by atoms with Crippen LogP contribution in [0, 0.1) is 0 Å². The zero-order valence-corrected chi connectivity index (χ0v) is 22.0. The molecule has 8 heteroatoms. The number of anilines is 2. The molecule has 2 aliphatic heterocycles.